The number of hydrogen-bond donors (Lipinski definition) is 1. The number of nitrogens with zero attached hydrogens (tertiary/aromatic N) is 5. The normalized spacial score (nSPS) is 15.4. The number of benzene rings is 1. The van der Waals surface area contributed by atoms with Gasteiger partial charge in [0.05, 0.1) is 11.9 Å². The van der Waals surface area contributed by atoms with Crippen LogP contribution in [0.1, 0.15) is 16.2 Å². The Morgan fingerprint density at radius 2 is 1.93 bits per heavy atom. The van der Waals surface area contributed by atoms with Crippen LogP contribution < -0.4 is 4.90 Å². The van der Waals surface area contributed by atoms with E-state index in [1.807, 2.05) is 67.5 Å². The fourth-order valence-electron chi connectivity index (χ4n) is 3.69. The number of carbonyl (C=O) groups excluding carboxylic acids is 1. The number of nitrogens with one attached hydrogen (secondary N) is 1. The van der Waals surface area contributed by atoms with Crippen LogP contribution in [0.25, 0.3) is 10.9 Å². The summed E-state index contributed by atoms with van der Waals surface area (Å²) in [5.74, 6) is 1.04. The van der Waals surface area contributed by atoms with Gasteiger partial charge in [-0.3, -0.25) is 9.69 Å². The molecule has 0 bridgehead atoms. The highest BCUT2D eigenvalue weighted by atomic mass is 16.2. The molecule has 7 heteroatoms. The Bertz CT molecular complexity index is 915. The average molecular weight is 366 g/mol. The minimum absolute atomic E-state index is 0.0845. The van der Waals surface area contributed by atoms with Crippen LogP contribution in [0.4, 0.5) is 5.95 Å². The SMILES string of the molecule is CN(C)c1ncc(CN2CCN(C(=O)c3cc4ccccc4[nH]3)CC2)n1C. The number of aromatic amines is 1. The zero-order valence-corrected chi connectivity index (χ0v) is 16.1. The fraction of sp³-hybridized carbons (Fsp3) is 0.400. The van der Waals surface area contributed by atoms with Crippen molar-refractivity contribution in [2.75, 3.05) is 45.2 Å². The maximum Gasteiger partial charge on any atom is 0.270 e. The second kappa shape index (κ2) is 7.08. The minimum Gasteiger partial charge on any atom is -0.351 e. The molecule has 142 valence electrons. The van der Waals surface area contributed by atoms with E-state index >= 15 is 0 Å². The van der Waals surface area contributed by atoms with Crippen molar-refractivity contribution in [2.24, 2.45) is 7.05 Å². The lowest BCUT2D eigenvalue weighted by molar-refractivity contribution is 0.0621. The average Bonchev–Trinajstić information content (AvgIpc) is 3.26. The quantitative estimate of drug-likeness (QED) is 0.766. The molecule has 1 saturated heterocycles. The Kier molecular flexibility index (Phi) is 4.61. The number of hydrogen-bond acceptors (Lipinski definition) is 4. The molecule has 0 unspecified atom stereocenters. The van der Waals surface area contributed by atoms with Crippen LogP contribution in [0, 0.1) is 0 Å². The van der Waals surface area contributed by atoms with Gasteiger partial charge in [0.2, 0.25) is 5.95 Å². The summed E-state index contributed by atoms with van der Waals surface area (Å²) >= 11 is 0. The molecule has 1 aliphatic heterocycles. The van der Waals surface area contributed by atoms with Crippen LogP contribution in [0.2, 0.25) is 0 Å². The molecule has 1 N–H and O–H groups in total. The van der Waals surface area contributed by atoms with E-state index in [9.17, 15) is 4.79 Å². The summed E-state index contributed by atoms with van der Waals surface area (Å²) in [6.07, 6.45) is 1.94. The second-order valence-electron chi connectivity index (χ2n) is 7.34. The third-order valence-electron chi connectivity index (χ3n) is 5.27. The van der Waals surface area contributed by atoms with Crippen molar-refractivity contribution in [3.05, 3.63) is 47.9 Å². The first-order valence-corrected chi connectivity index (χ1v) is 9.30. The van der Waals surface area contributed by atoms with Gasteiger partial charge in [-0.15, -0.1) is 0 Å². The predicted molar refractivity (Wildman–Crippen MR) is 107 cm³/mol. The fourth-order valence-corrected chi connectivity index (χ4v) is 3.69. The number of para-hydroxylation sites is 1. The summed E-state index contributed by atoms with van der Waals surface area (Å²) in [7, 11) is 6.05. The maximum absolute atomic E-state index is 12.8. The molecule has 0 radical (unpaired) electrons. The number of anilines is 1. The van der Waals surface area contributed by atoms with Gasteiger partial charge in [-0.1, -0.05) is 18.2 Å². The summed E-state index contributed by atoms with van der Waals surface area (Å²) in [5.41, 5.74) is 2.87. The molecule has 4 rings (SSSR count). The van der Waals surface area contributed by atoms with Gasteiger partial charge in [0.15, 0.2) is 0 Å². The zero-order chi connectivity index (χ0) is 19.0. The third kappa shape index (κ3) is 3.42. The van der Waals surface area contributed by atoms with Crippen LogP contribution in [0.15, 0.2) is 36.5 Å². The van der Waals surface area contributed by atoms with Crippen LogP contribution in [0.5, 0.6) is 0 Å². The standard InChI is InChI=1S/C20H26N6O/c1-23(2)20-21-13-16(24(20)3)14-25-8-10-26(11-9-25)19(27)18-12-15-6-4-5-7-17(15)22-18/h4-7,12-13,22H,8-11,14H2,1-3H3. The van der Waals surface area contributed by atoms with Crippen molar-refractivity contribution in [1.29, 1.82) is 0 Å². The van der Waals surface area contributed by atoms with Gasteiger partial charge in [-0.2, -0.15) is 0 Å². The smallest absolute Gasteiger partial charge is 0.270 e. The first-order chi connectivity index (χ1) is 13.0. The molecular weight excluding hydrogens is 340 g/mol. The predicted octanol–water partition coefficient (Wildman–Crippen LogP) is 1.93. The van der Waals surface area contributed by atoms with Crippen molar-refractivity contribution >= 4 is 22.8 Å². The van der Waals surface area contributed by atoms with Gasteiger partial charge in [-0.05, 0) is 12.1 Å². The van der Waals surface area contributed by atoms with E-state index in [1.165, 1.54) is 5.69 Å². The zero-order valence-electron chi connectivity index (χ0n) is 16.1. The van der Waals surface area contributed by atoms with Gasteiger partial charge in [0.25, 0.3) is 5.91 Å². The Balaban J connectivity index is 1.38. The molecule has 3 aromatic rings. The molecule has 2 aromatic heterocycles. The summed E-state index contributed by atoms with van der Waals surface area (Å²) < 4.78 is 2.13. The maximum atomic E-state index is 12.8. The lowest BCUT2D eigenvalue weighted by atomic mass is 10.2. The Hall–Kier alpha value is -2.80. The number of H-pyrrole nitrogens is 1. The molecular formula is C20H26N6O. The number of carbonyl (C=O) groups is 1. The van der Waals surface area contributed by atoms with Crippen LogP contribution in [0.3, 0.4) is 0 Å². The molecule has 0 aliphatic carbocycles. The lowest BCUT2D eigenvalue weighted by Gasteiger charge is -2.34. The van der Waals surface area contributed by atoms with Crippen LogP contribution in [-0.4, -0.2) is 70.5 Å². The van der Waals surface area contributed by atoms with Crippen molar-refractivity contribution in [3.8, 4) is 0 Å². The third-order valence-corrected chi connectivity index (χ3v) is 5.27. The number of fused-ring (bicyclic) bond motifs is 1. The van der Waals surface area contributed by atoms with Gasteiger partial charge in [0, 0.05) is 64.8 Å². The molecule has 1 aromatic carbocycles. The first kappa shape index (κ1) is 17.6. The van der Waals surface area contributed by atoms with Gasteiger partial charge < -0.3 is 19.4 Å². The highest BCUT2D eigenvalue weighted by Gasteiger charge is 2.24. The Morgan fingerprint density at radius 3 is 2.59 bits per heavy atom. The molecule has 0 spiro atoms. The van der Waals surface area contributed by atoms with E-state index in [0.29, 0.717) is 5.69 Å². The lowest BCUT2D eigenvalue weighted by Crippen LogP contribution is -2.48. The van der Waals surface area contributed by atoms with E-state index in [2.05, 4.69) is 19.4 Å². The highest BCUT2D eigenvalue weighted by Crippen LogP contribution is 2.18. The monoisotopic (exact) mass is 366 g/mol. The number of imidazole rings is 1. The van der Waals surface area contributed by atoms with Gasteiger partial charge in [0.1, 0.15) is 5.69 Å². The second-order valence-corrected chi connectivity index (χ2v) is 7.34. The van der Waals surface area contributed by atoms with E-state index in [0.717, 1.165) is 49.6 Å². The first-order valence-electron chi connectivity index (χ1n) is 9.30. The largest absolute Gasteiger partial charge is 0.351 e. The van der Waals surface area contributed by atoms with E-state index < -0.39 is 0 Å². The van der Waals surface area contributed by atoms with Crippen molar-refractivity contribution < 1.29 is 4.79 Å². The van der Waals surface area contributed by atoms with Gasteiger partial charge >= 0.3 is 0 Å². The molecule has 3 heterocycles. The molecule has 0 saturated carbocycles. The summed E-state index contributed by atoms with van der Waals surface area (Å²) in [4.78, 5) is 26.9. The molecule has 27 heavy (non-hydrogen) atoms. The summed E-state index contributed by atoms with van der Waals surface area (Å²) in [6.45, 7) is 4.08. The Morgan fingerprint density at radius 1 is 1.19 bits per heavy atom. The number of aromatic nitrogens is 3. The van der Waals surface area contributed by atoms with E-state index in [1.54, 1.807) is 0 Å². The van der Waals surface area contributed by atoms with Gasteiger partial charge in [-0.25, -0.2) is 4.98 Å². The molecule has 1 amide bonds. The topological polar surface area (TPSA) is 60.4 Å². The molecule has 0 atom stereocenters. The number of amides is 1. The summed E-state index contributed by atoms with van der Waals surface area (Å²) in [6, 6.07) is 9.94. The summed E-state index contributed by atoms with van der Waals surface area (Å²) in [5, 5.41) is 1.08. The van der Waals surface area contributed by atoms with Crippen LogP contribution in [-0.2, 0) is 13.6 Å². The van der Waals surface area contributed by atoms with E-state index in [-0.39, 0.29) is 5.91 Å². The number of piperazine rings is 1. The molecule has 7 nitrogen and oxygen atoms in total. The van der Waals surface area contributed by atoms with Crippen molar-refractivity contribution in [3.63, 3.8) is 0 Å². The number of rotatable bonds is 4. The minimum atomic E-state index is 0.0845. The highest BCUT2D eigenvalue weighted by molar-refractivity contribution is 5.98. The molecule has 1 fully saturated rings. The van der Waals surface area contributed by atoms with E-state index in [4.69, 9.17) is 0 Å². The Labute approximate surface area is 159 Å². The van der Waals surface area contributed by atoms with Crippen molar-refractivity contribution in [2.45, 2.75) is 6.54 Å². The molecule has 1 aliphatic rings. The van der Waals surface area contributed by atoms with Crippen LogP contribution >= 0.6 is 0 Å². The van der Waals surface area contributed by atoms with Crippen molar-refractivity contribution in [1.82, 2.24) is 24.3 Å².